The molecule has 1 amide bonds. The molecule has 4 nitrogen and oxygen atoms in total. The molecule has 0 bridgehead atoms. The summed E-state index contributed by atoms with van der Waals surface area (Å²) in [5, 5.41) is 11.5. The molecule has 2 aromatic rings. The van der Waals surface area contributed by atoms with E-state index in [-0.39, 0.29) is 24.6 Å². The number of nitrogens with one attached hydrogen (secondary N) is 1. The molecule has 2 aromatic carbocycles. The van der Waals surface area contributed by atoms with Crippen LogP contribution in [-0.4, -0.2) is 30.9 Å². The first kappa shape index (κ1) is 21.0. The van der Waals surface area contributed by atoms with Gasteiger partial charge in [-0.25, -0.2) is 0 Å². The van der Waals surface area contributed by atoms with Crippen molar-refractivity contribution >= 4 is 5.91 Å². The first-order valence-electron chi connectivity index (χ1n) is 8.38. The summed E-state index contributed by atoms with van der Waals surface area (Å²) in [5.74, 6) is 5.00. The molecular weight excluding hydrogens is 367 g/mol. The maximum absolute atomic E-state index is 12.7. The molecule has 0 aromatic heterocycles. The van der Waals surface area contributed by atoms with Crippen LogP contribution in [0.5, 0.6) is 0 Å². The Morgan fingerprint density at radius 2 is 1.86 bits per heavy atom. The van der Waals surface area contributed by atoms with E-state index in [4.69, 9.17) is 5.26 Å². The summed E-state index contributed by atoms with van der Waals surface area (Å²) in [4.78, 5) is 13.7. The molecule has 0 atom stereocenters. The van der Waals surface area contributed by atoms with Crippen LogP contribution in [0.1, 0.15) is 22.3 Å². The van der Waals surface area contributed by atoms with Crippen LogP contribution in [0.15, 0.2) is 48.5 Å². The van der Waals surface area contributed by atoms with Crippen molar-refractivity contribution in [2.75, 3.05) is 20.1 Å². The minimum atomic E-state index is -4.41. The van der Waals surface area contributed by atoms with E-state index in [2.05, 4.69) is 23.2 Å². The van der Waals surface area contributed by atoms with E-state index < -0.39 is 11.7 Å². The maximum atomic E-state index is 12.7. The van der Waals surface area contributed by atoms with Crippen molar-refractivity contribution in [2.24, 2.45) is 0 Å². The van der Waals surface area contributed by atoms with E-state index in [9.17, 15) is 18.0 Å². The molecular formula is C21H18F3N3O. The van der Waals surface area contributed by atoms with E-state index in [1.807, 2.05) is 6.07 Å². The zero-order valence-corrected chi connectivity index (χ0v) is 15.2. The Hall–Kier alpha value is -3.29. The van der Waals surface area contributed by atoms with E-state index in [1.165, 1.54) is 12.1 Å². The number of alkyl halides is 3. The topological polar surface area (TPSA) is 56.1 Å². The predicted molar refractivity (Wildman–Crippen MR) is 98.8 cm³/mol. The predicted octanol–water partition coefficient (Wildman–Crippen LogP) is 3.18. The number of likely N-dealkylation sites (N-methyl/N-ethyl adjacent to an activating group) is 1. The van der Waals surface area contributed by atoms with Gasteiger partial charge in [-0.2, -0.15) is 18.4 Å². The minimum absolute atomic E-state index is 0.0346. The van der Waals surface area contributed by atoms with Crippen LogP contribution in [0.2, 0.25) is 0 Å². The van der Waals surface area contributed by atoms with E-state index >= 15 is 0 Å². The smallest absolute Gasteiger partial charge is 0.344 e. The molecule has 0 aliphatic heterocycles. The van der Waals surface area contributed by atoms with Gasteiger partial charge in [0.25, 0.3) is 0 Å². The second kappa shape index (κ2) is 9.59. The molecule has 0 unspecified atom stereocenters. The highest BCUT2D eigenvalue weighted by atomic mass is 19.4. The lowest BCUT2D eigenvalue weighted by molar-refractivity contribution is -0.137. The molecule has 0 aliphatic rings. The van der Waals surface area contributed by atoms with E-state index in [1.54, 1.807) is 30.1 Å². The molecule has 0 heterocycles. The third-order valence-electron chi connectivity index (χ3n) is 3.72. The number of hydrogen-bond donors (Lipinski definition) is 1. The fourth-order valence-corrected chi connectivity index (χ4v) is 2.47. The fraction of sp³-hybridized carbons (Fsp3) is 0.238. The Kier molecular flexibility index (Phi) is 7.20. The third-order valence-corrected chi connectivity index (χ3v) is 3.72. The molecule has 0 spiro atoms. The number of nitriles is 1. The molecule has 2 rings (SSSR count). The first-order valence-corrected chi connectivity index (χ1v) is 8.38. The second-order valence-electron chi connectivity index (χ2n) is 6.14. The van der Waals surface area contributed by atoms with Crippen molar-refractivity contribution in [2.45, 2.75) is 12.7 Å². The first-order chi connectivity index (χ1) is 13.3. The van der Waals surface area contributed by atoms with Gasteiger partial charge in [0.05, 0.1) is 30.3 Å². The number of hydrogen-bond acceptors (Lipinski definition) is 3. The van der Waals surface area contributed by atoms with Crippen LogP contribution in [0, 0.1) is 23.2 Å². The third kappa shape index (κ3) is 6.79. The SMILES string of the molecule is CN(CC(=O)NCC#Cc1cccc(C(F)(F)F)c1)Cc1cccc(C#N)c1. The molecule has 0 saturated heterocycles. The highest BCUT2D eigenvalue weighted by Gasteiger charge is 2.30. The summed E-state index contributed by atoms with van der Waals surface area (Å²) >= 11 is 0. The Bertz CT molecular complexity index is 936. The van der Waals surface area contributed by atoms with Crippen molar-refractivity contribution in [1.29, 1.82) is 5.26 Å². The lowest BCUT2D eigenvalue weighted by Crippen LogP contribution is -2.35. The second-order valence-corrected chi connectivity index (χ2v) is 6.14. The number of benzene rings is 2. The Labute approximate surface area is 161 Å². The average molecular weight is 385 g/mol. The molecule has 144 valence electrons. The van der Waals surface area contributed by atoms with E-state index in [0.717, 1.165) is 17.7 Å². The van der Waals surface area contributed by atoms with Crippen molar-refractivity contribution in [3.8, 4) is 17.9 Å². The largest absolute Gasteiger partial charge is 0.416 e. The van der Waals surface area contributed by atoms with Gasteiger partial charge in [-0.05, 0) is 42.9 Å². The standard InChI is InChI=1S/C21H18F3N3O/c1-27(14-18-7-2-6-17(11-18)13-25)15-20(28)26-10-4-8-16-5-3-9-19(12-16)21(22,23)24/h2-3,5-7,9,11-12H,10,14-15H2,1H3,(H,26,28). The van der Waals surface area contributed by atoms with Gasteiger partial charge in [0.2, 0.25) is 5.91 Å². The zero-order chi connectivity index (χ0) is 20.6. The highest BCUT2D eigenvalue weighted by Crippen LogP contribution is 2.29. The van der Waals surface area contributed by atoms with Crippen LogP contribution < -0.4 is 5.32 Å². The van der Waals surface area contributed by atoms with Gasteiger partial charge in [-0.15, -0.1) is 0 Å². The lowest BCUT2D eigenvalue weighted by Gasteiger charge is -2.15. The highest BCUT2D eigenvalue weighted by molar-refractivity contribution is 5.78. The molecule has 0 aliphatic carbocycles. The molecule has 0 radical (unpaired) electrons. The Morgan fingerprint density at radius 3 is 2.57 bits per heavy atom. The number of carbonyl (C=O) groups excluding carboxylic acids is 1. The van der Waals surface area contributed by atoms with Crippen LogP contribution in [0.4, 0.5) is 13.2 Å². The summed E-state index contributed by atoms with van der Waals surface area (Å²) in [6, 6.07) is 13.9. The summed E-state index contributed by atoms with van der Waals surface area (Å²) < 4.78 is 38.0. The molecule has 0 saturated carbocycles. The van der Waals surface area contributed by atoms with Gasteiger partial charge in [0, 0.05) is 12.1 Å². The zero-order valence-electron chi connectivity index (χ0n) is 15.2. The van der Waals surface area contributed by atoms with Crippen LogP contribution in [0.3, 0.4) is 0 Å². The van der Waals surface area contributed by atoms with Crippen molar-refractivity contribution < 1.29 is 18.0 Å². The molecule has 1 N–H and O–H groups in total. The normalized spacial score (nSPS) is 10.7. The molecule has 7 heteroatoms. The van der Waals surface area contributed by atoms with Gasteiger partial charge in [0.15, 0.2) is 0 Å². The van der Waals surface area contributed by atoms with Crippen molar-refractivity contribution in [3.63, 3.8) is 0 Å². The number of halogens is 3. The van der Waals surface area contributed by atoms with Gasteiger partial charge in [-0.1, -0.05) is 30.0 Å². The van der Waals surface area contributed by atoms with Gasteiger partial charge < -0.3 is 5.32 Å². The molecule has 28 heavy (non-hydrogen) atoms. The van der Waals surface area contributed by atoms with Gasteiger partial charge in [-0.3, -0.25) is 9.69 Å². The summed E-state index contributed by atoms with van der Waals surface area (Å²) in [7, 11) is 1.77. The van der Waals surface area contributed by atoms with Crippen LogP contribution >= 0.6 is 0 Å². The van der Waals surface area contributed by atoms with Crippen molar-refractivity contribution in [1.82, 2.24) is 10.2 Å². The quantitative estimate of drug-likeness (QED) is 0.805. The number of amides is 1. The maximum Gasteiger partial charge on any atom is 0.416 e. The van der Waals surface area contributed by atoms with Crippen LogP contribution in [0.25, 0.3) is 0 Å². The summed E-state index contributed by atoms with van der Waals surface area (Å²) in [5.41, 5.74) is 0.947. The minimum Gasteiger partial charge on any atom is -0.344 e. The Balaban J connectivity index is 1.82. The summed E-state index contributed by atoms with van der Waals surface area (Å²) in [6.07, 6.45) is -4.41. The Morgan fingerprint density at radius 1 is 1.14 bits per heavy atom. The lowest BCUT2D eigenvalue weighted by atomic mass is 10.1. The van der Waals surface area contributed by atoms with Gasteiger partial charge in [0.1, 0.15) is 0 Å². The van der Waals surface area contributed by atoms with Gasteiger partial charge >= 0.3 is 6.18 Å². The number of nitrogens with zero attached hydrogens (tertiary/aromatic N) is 2. The molecule has 0 fully saturated rings. The van der Waals surface area contributed by atoms with Crippen molar-refractivity contribution in [3.05, 3.63) is 70.8 Å². The fourth-order valence-electron chi connectivity index (χ4n) is 2.47. The van der Waals surface area contributed by atoms with Crippen LogP contribution in [-0.2, 0) is 17.5 Å². The number of carbonyl (C=O) groups is 1. The average Bonchev–Trinajstić information content (AvgIpc) is 2.65. The monoisotopic (exact) mass is 385 g/mol. The summed E-state index contributed by atoms with van der Waals surface area (Å²) in [6.45, 7) is 0.660. The number of rotatable bonds is 5. The van der Waals surface area contributed by atoms with E-state index in [0.29, 0.717) is 12.1 Å².